The third kappa shape index (κ3) is 1.86. The molecule has 1 aromatic heterocycles. The predicted octanol–water partition coefficient (Wildman–Crippen LogP) is 1.96. The van der Waals surface area contributed by atoms with Gasteiger partial charge in [-0.2, -0.15) is 0 Å². The molecule has 0 aliphatic rings. The van der Waals surface area contributed by atoms with Crippen LogP contribution >= 0.6 is 0 Å². The van der Waals surface area contributed by atoms with Crippen LogP contribution in [0.25, 0.3) is 0 Å². The number of nitrogens with two attached hydrogens (primary N) is 1. The fourth-order valence-corrected chi connectivity index (χ4v) is 1.20. The first-order valence-corrected chi connectivity index (χ1v) is 4.21. The van der Waals surface area contributed by atoms with Gasteiger partial charge in [-0.3, -0.25) is 4.98 Å². The molecule has 1 aromatic rings. The lowest BCUT2D eigenvalue weighted by Crippen LogP contribution is -2.15. The van der Waals surface area contributed by atoms with Crippen LogP contribution in [0.15, 0.2) is 12.4 Å². The monoisotopic (exact) mass is 177 g/mol. The van der Waals surface area contributed by atoms with Gasteiger partial charge in [0.05, 0.1) is 0 Å². The minimum absolute atomic E-state index is 0.0178. The standard InChI is InChI=1S/C10H15N3/c1-10(2,3)8-6-13-5-7(4-11)9(8)12/h4-6,11H,1-3H3,(H2,12,13). The average molecular weight is 177 g/mol. The van der Waals surface area contributed by atoms with E-state index in [0.717, 1.165) is 5.56 Å². The molecule has 3 N–H and O–H groups in total. The summed E-state index contributed by atoms with van der Waals surface area (Å²) in [7, 11) is 0. The molecule has 3 heteroatoms. The second-order valence-electron chi connectivity index (χ2n) is 4.08. The van der Waals surface area contributed by atoms with E-state index >= 15 is 0 Å². The summed E-state index contributed by atoms with van der Waals surface area (Å²) in [6.45, 7) is 6.23. The Bertz CT molecular complexity index is 323. The van der Waals surface area contributed by atoms with Gasteiger partial charge in [0.1, 0.15) is 0 Å². The van der Waals surface area contributed by atoms with Gasteiger partial charge in [0.25, 0.3) is 0 Å². The zero-order valence-corrected chi connectivity index (χ0v) is 8.26. The summed E-state index contributed by atoms with van der Waals surface area (Å²) in [6, 6.07) is 0. The van der Waals surface area contributed by atoms with E-state index < -0.39 is 0 Å². The van der Waals surface area contributed by atoms with Gasteiger partial charge in [-0.15, -0.1) is 0 Å². The van der Waals surface area contributed by atoms with Crippen molar-refractivity contribution in [1.29, 1.82) is 5.41 Å². The lowest BCUT2D eigenvalue weighted by molar-refractivity contribution is 0.590. The Morgan fingerprint density at radius 2 is 2.00 bits per heavy atom. The summed E-state index contributed by atoms with van der Waals surface area (Å²) in [5, 5.41) is 7.14. The van der Waals surface area contributed by atoms with E-state index in [4.69, 9.17) is 11.1 Å². The van der Waals surface area contributed by atoms with Gasteiger partial charge in [-0.05, 0) is 11.0 Å². The molecule has 3 nitrogen and oxygen atoms in total. The number of hydrogen-bond acceptors (Lipinski definition) is 3. The molecular formula is C10H15N3. The van der Waals surface area contributed by atoms with Crippen LogP contribution in [-0.4, -0.2) is 11.2 Å². The highest BCUT2D eigenvalue weighted by molar-refractivity contribution is 5.85. The molecule has 13 heavy (non-hydrogen) atoms. The van der Waals surface area contributed by atoms with Crippen LogP contribution in [0.5, 0.6) is 0 Å². The summed E-state index contributed by atoms with van der Waals surface area (Å²) in [5.74, 6) is 0. The van der Waals surface area contributed by atoms with Crippen molar-refractivity contribution in [3.05, 3.63) is 23.5 Å². The number of pyridine rings is 1. The SMILES string of the molecule is CC(C)(C)c1cncc(C=N)c1N. The van der Waals surface area contributed by atoms with Crippen molar-refractivity contribution >= 4 is 11.9 Å². The molecule has 0 saturated carbocycles. The molecule has 0 fully saturated rings. The van der Waals surface area contributed by atoms with E-state index in [9.17, 15) is 0 Å². The number of rotatable bonds is 1. The van der Waals surface area contributed by atoms with Crippen LogP contribution in [0, 0.1) is 5.41 Å². The topological polar surface area (TPSA) is 62.8 Å². The fraction of sp³-hybridized carbons (Fsp3) is 0.400. The first-order valence-electron chi connectivity index (χ1n) is 4.21. The van der Waals surface area contributed by atoms with E-state index in [-0.39, 0.29) is 5.41 Å². The van der Waals surface area contributed by atoms with Gasteiger partial charge in [-0.1, -0.05) is 20.8 Å². The fourth-order valence-electron chi connectivity index (χ4n) is 1.20. The van der Waals surface area contributed by atoms with Crippen molar-refractivity contribution in [3.8, 4) is 0 Å². The van der Waals surface area contributed by atoms with E-state index in [1.54, 1.807) is 12.4 Å². The molecule has 0 aromatic carbocycles. The first-order chi connectivity index (χ1) is 5.96. The molecule has 1 heterocycles. The van der Waals surface area contributed by atoms with Crippen molar-refractivity contribution in [2.45, 2.75) is 26.2 Å². The van der Waals surface area contributed by atoms with Crippen LogP contribution in [0.2, 0.25) is 0 Å². The second kappa shape index (κ2) is 3.17. The minimum Gasteiger partial charge on any atom is -0.398 e. The molecular weight excluding hydrogens is 162 g/mol. The zero-order chi connectivity index (χ0) is 10.1. The van der Waals surface area contributed by atoms with Gasteiger partial charge >= 0.3 is 0 Å². The summed E-state index contributed by atoms with van der Waals surface area (Å²) in [6.07, 6.45) is 4.61. The zero-order valence-electron chi connectivity index (χ0n) is 8.26. The van der Waals surface area contributed by atoms with Gasteiger partial charge < -0.3 is 11.1 Å². The van der Waals surface area contributed by atoms with Crippen LogP contribution in [0.4, 0.5) is 5.69 Å². The van der Waals surface area contributed by atoms with Crippen molar-refractivity contribution < 1.29 is 0 Å². The Hall–Kier alpha value is -1.38. The molecule has 0 bridgehead atoms. The third-order valence-electron chi connectivity index (χ3n) is 1.98. The van der Waals surface area contributed by atoms with E-state index in [1.807, 2.05) is 0 Å². The molecule has 70 valence electrons. The largest absolute Gasteiger partial charge is 0.398 e. The Labute approximate surface area is 78.5 Å². The lowest BCUT2D eigenvalue weighted by Gasteiger charge is -2.21. The van der Waals surface area contributed by atoms with Gasteiger partial charge in [0.15, 0.2) is 0 Å². The lowest BCUT2D eigenvalue weighted by atomic mass is 9.86. The van der Waals surface area contributed by atoms with Crippen molar-refractivity contribution in [1.82, 2.24) is 4.98 Å². The van der Waals surface area contributed by atoms with Gasteiger partial charge in [0.2, 0.25) is 0 Å². The molecule has 0 amide bonds. The van der Waals surface area contributed by atoms with Crippen LogP contribution < -0.4 is 5.73 Å². The predicted molar refractivity (Wildman–Crippen MR) is 55.2 cm³/mol. The first kappa shape index (κ1) is 9.71. The molecule has 0 unspecified atom stereocenters. The average Bonchev–Trinajstić information content (AvgIpc) is 2.02. The Morgan fingerprint density at radius 3 is 2.46 bits per heavy atom. The van der Waals surface area contributed by atoms with Crippen molar-refractivity contribution in [2.24, 2.45) is 0 Å². The number of nitrogens with zero attached hydrogens (tertiary/aromatic N) is 1. The molecule has 0 aliphatic heterocycles. The van der Waals surface area contributed by atoms with Crippen LogP contribution in [0.3, 0.4) is 0 Å². The van der Waals surface area contributed by atoms with Crippen molar-refractivity contribution in [2.75, 3.05) is 5.73 Å². The summed E-state index contributed by atoms with van der Waals surface area (Å²) in [4.78, 5) is 4.05. The highest BCUT2D eigenvalue weighted by Crippen LogP contribution is 2.28. The molecule has 0 atom stereocenters. The van der Waals surface area contributed by atoms with E-state index in [2.05, 4.69) is 25.8 Å². The quantitative estimate of drug-likeness (QED) is 0.644. The molecule has 0 spiro atoms. The smallest absolute Gasteiger partial charge is 0.0472 e. The van der Waals surface area contributed by atoms with Crippen LogP contribution in [-0.2, 0) is 5.41 Å². The maximum Gasteiger partial charge on any atom is 0.0472 e. The number of aromatic nitrogens is 1. The molecule has 1 rings (SSSR count). The summed E-state index contributed by atoms with van der Waals surface area (Å²) >= 11 is 0. The summed E-state index contributed by atoms with van der Waals surface area (Å²) < 4.78 is 0. The third-order valence-corrected chi connectivity index (χ3v) is 1.98. The normalized spacial score (nSPS) is 11.3. The highest BCUT2D eigenvalue weighted by Gasteiger charge is 2.18. The van der Waals surface area contributed by atoms with Gasteiger partial charge in [0, 0.05) is 29.9 Å². The number of nitrogens with one attached hydrogen (secondary N) is 1. The Kier molecular flexibility index (Phi) is 2.36. The maximum atomic E-state index is 7.14. The maximum absolute atomic E-state index is 7.14. The molecule has 0 saturated heterocycles. The molecule has 0 aliphatic carbocycles. The number of anilines is 1. The second-order valence-corrected chi connectivity index (χ2v) is 4.08. The van der Waals surface area contributed by atoms with Gasteiger partial charge in [-0.25, -0.2) is 0 Å². The van der Waals surface area contributed by atoms with Crippen LogP contribution in [0.1, 0.15) is 31.9 Å². The van der Waals surface area contributed by atoms with E-state index in [0.29, 0.717) is 11.3 Å². The minimum atomic E-state index is -0.0178. The number of nitrogen functional groups attached to an aromatic ring is 1. The Balaban J connectivity index is 3.32. The van der Waals surface area contributed by atoms with E-state index in [1.165, 1.54) is 6.21 Å². The number of hydrogen-bond donors (Lipinski definition) is 2. The molecule has 0 radical (unpaired) electrons. The Morgan fingerprint density at radius 1 is 1.38 bits per heavy atom. The highest BCUT2D eigenvalue weighted by atomic mass is 14.7. The van der Waals surface area contributed by atoms with Crippen molar-refractivity contribution in [3.63, 3.8) is 0 Å². The summed E-state index contributed by atoms with van der Waals surface area (Å²) in [5.41, 5.74) is 8.22.